The van der Waals surface area contributed by atoms with E-state index in [4.69, 9.17) is 4.74 Å². The van der Waals surface area contributed by atoms with Crippen LogP contribution >= 0.6 is 0 Å². The van der Waals surface area contributed by atoms with Gasteiger partial charge in [0.15, 0.2) is 11.6 Å². The molecule has 0 bridgehead atoms. The van der Waals surface area contributed by atoms with Crippen molar-refractivity contribution >= 4 is 11.8 Å². The number of hydrogen-bond donors (Lipinski definition) is 1. The number of carbonyl (C=O) groups is 2. The van der Waals surface area contributed by atoms with Crippen LogP contribution in [0.15, 0.2) is 18.2 Å². The number of carboxylic acids is 1. The number of methoxy groups -OCH3 is 1. The van der Waals surface area contributed by atoms with Crippen LogP contribution in [0.2, 0.25) is 0 Å². The monoisotopic (exact) mass is 238 g/mol. The summed E-state index contributed by atoms with van der Waals surface area (Å²) in [5.41, 5.74) is -0.805. The molecule has 0 heterocycles. The smallest absolute Gasteiger partial charge is 0.315 e. The van der Waals surface area contributed by atoms with Crippen LogP contribution in [-0.2, 0) is 15.0 Å². The molecule has 1 aromatic rings. The maximum absolute atomic E-state index is 13.2. The summed E-state index contributed by atoms with van der Waals surface area (Å²) < 4.78 is 18.0. The maximum atomic E-state index is 13.2. The Hall–Kier alpha value is -1.91. The molecular formula is C12H11FO4. The second-order valence-electron chi connectivity index (χ2n) is 4.13. The first-order valence-electron chi connectivity index (χ1n) is 5.09. The van der Waals surface area contributed by atoms with Crippen LogP contribution in [0.25, 0.3) is 0 Å². The van der Waals surface area contributed by atoms with E-state index in [0.717, 1.165) is 6.07 Å². The molecule has 1 N–H and O–H groups in total. The van der Waals surface area contributed by atoms with Crippen molar-refractivity contribution in [1.82, 2.24) is 0 Å². The molecule has 0 unspecified atom stereocenters. The molecule has 2 rings (SSSR count). The third kappa shape index (κ3) is 1.67. The van der Waals surface area contributed by atoms with Crippen molar-refractivity contribution in [3.8, 4) is 5.75 Å². The second kappa shape index (κ2) is 3.84. The van der Waals surface area contributed by atoms with Crippen LogP contribution < -0.4 is 4.74 Å². The molecule has 0 radical (unpaired) electrons. The number of hydrogen-bond acceptors (Lipinski definition) is 3. The maximum Gasteiger partial charge on any atom is 0.315 e. The number of carbonyl (C=O) groups excluding carboxylic acids is 1. The van der Waals surface area contributed by atoms with E-state index in [1.807, 2.05) is 0 Å². The highest BCUT2D eigenvalue weighted by Gasteiger charge is 2.51. The van der Waals surface area contributed by atoms with Crippen LogP contribution in [0.3, 0.4) is 0 Å². The van der Waals surface area contributed by atoms with Crippen molar-refractivity contribution in [2.24, 2.45) is 0 Å². The molecule has 0 aromatic heterocycles. The minimum absolute atomic E-state index is 0.0116. The predicted octanol–water partition coefficient (Wildman–Crippen LogP) is 1.52. The molecule has 90 valence electrons. The second-order valence-corrected chi connectivity index (χ2v) is 4.13. The Morgan fingerprint density at radius 3 is 2.59 bits per heavy atom. The summed E-state index contributed by atoms with van der Waals surface area (Å²) in [5, 5.41) is 9.20. The number of halogens is 1. The van der Waals surface area contributed by atoms with Crippen LogP contribution in [0.5, 0.6) is 5.75 Å². The molecule has 4 nitrogen and oxygen atoms in total. The van der Waals surface area contributed by atoms with Gasteiger partial charge in [0.2, 0.25) is 0 Å². The third-order valence-electron chi connectivity index (χ3n) is 3.11. The van der Waals surface area contributed by atoms with Gasteiger partial charge in [-0.05, 0) is 17.7 Å². The van der Waals surface area contributed by atoms with Crippen molar-refractivity contribution < 1.29 is 23.8 Å². The summed E-state index contributed by atoms with van der Waals surface area (Å²) in [5.74, 6) is -1.73. The van der Waals surface area contributed by atoms with Gasteiger partial charge in [0.1, 0.15) is 11.2 Å². The van der Waals surface area contributed by atoms with E-state index in [1.165, 1.54) is 19.2 Å². The van der Waals surface area contributed by atoms with Crippen LogP contribution in [0.4, 0.5) is 4.39 Å². The lowest BCUT2D eigenvalue weighted by molar-refractivity contribution is -0.153. The third-order valence-corrected chi connectivity index (χ3v) is 3.11. The molecule has 5 heteroatoms. The number of ketones is 1. The number of ether oxygens (including phenoxy) is 1. The molecule has 0 aliphatic heterocycles. The first kappa shape index (κ1) is 11.6. The summed E-state index contributed by atoms with van der Waals surface area (Å²) >= 11 is 0. The Bertz CT molecular complexity index is 487. The van der Waals surface area contributed by atoms with Gasteiger partial charge in [0, 0.05) is 12.8 Å². The van der Waals surface area contributed by atoms with Crippen LogP contribution in [0.1, 0.15) is 18.4 Å². The SMILES string of the molecule is COc1cc(C2(C(=O)O)CC(=O)C2)ccc1F. The highest BCUT2D eigenvalue weighted by atomic mass is 19.1. The summed E-state index contributed by atoms with van der Waals surface area (Å²) in [6.07, 6.45) is -0.0890. The lowest BCUT2D eigenvalue weighted by Gasteiger charge is -2.36. The van der Waals surface area contributed by atoms with Crippen LogP contribution in [0, 0.1) is 5.82 Å². The van der Waals surface area contributed by atoms with E-state index in [0.29, 0.717) is 5.56 Å². The molecule has 0 atom stereocenters. The standard InChI is InChI=1S/C12H11FO4/c1-17-10-4-7(2-3-9(10)13)12(11(15)16)5-8(14)6-12/h2-4H,5-6H2,1H3,(H,15,16). The lowest BCUT2D eigenvalue weighted by atomic mass is 9.63. The summed E-state index contributed by atoms with van der Waals surface area (Å²) in [6, 6.07) is 3.88. The Morgan fingerprint density at radius 1 is 1.47 bits per heavy atom. The average molecular weight is 238 g/mol. The summed E-state index contributed by atoms with van der Waals surface area (Å²) in [4.78, 5) is 22.3. The van der Waals surface area contributed by atoms with Gasteiger partial charge in [-0.25, -0.2) is 4.39 Å². The first-order chi connectivity index (χ1) is 7.99. The van der Waals surface area contributed by atoms with Gasteiger partial charge in [-0.3, -0.25) is 9.59 Å². The van der Waals surface area contributed by atoms with Gasteiger partial charge >= 0.3 is 5.97 Å². The van der Waals surface area contributed by atoms with E-state index in [-0.39, 0.29) is 24.4 Å². The van der Waals surface area contributed by atoms with Gasteiger partial charge < -0.3 is 9.84 Å². The first-order valence-corrected chi connectivity index (χ1v) is 5.09. The molecule has 1 aliphatic carbocycles. The van der Waals surface area contributed by atoms with E-state index in [2.05, 4.69) is 0 Å². The van der Waals surface area contributed by atoms with Gasteiger partial charge in [-0.2, -0.15) is 0 Å². The lowest BCUT2D eigenvalue weighted by Crippen LogP contribution is -2.48. The number of carboxylic acid groups (broad SMARTS) is 1. The molecular weight excluding hydrogens is 227 g/mol. The molecule has 1 aromatic carbocycles. The number of Topliss-reactive ketones (excluding diaryl/α,β-unsaturated/α-hetero) is 1. The molecule has 1 saturated carbocycles. The molecule has 17 heavy (non-hydrogen) atoms. The predicted molar refractivity (Wildman–Crippen MR) is 56.5 cm³/mol. The molecule has 1 fully saturated rings. The number of aliphatic carboxylic acids is 1. The molecule has 0 spiro atoms. The van der Waals surface area contributed by atoms with Crippen molar-refractivity contribution in [2.75, 3.05) is 7.11 Å². The Labute approximate surface area is 97.0 Å². The summed E-state index contributed by atoms with van der Waals surface area (Å²) in [7, 11) is 1.31. The zero-order chi connectivity index (χ0) is 12.6. The normalized spacial score (nSPS) is 17.4. The number of rotatable bonds is 3. The summed E-state index contributed by atoms with van der Waals surface area (Å²) in [6.45, 7) is 0. The van der Waals surface area contributed by atoms with Gasteiger partial charge in [0.05, 0.1) is 7.11 Å². The molecule has 0 amide bonds. The van der Waals surface area contributed by atoms with E-state index >= 15 is 0 Å². The van der Waals surface area contributed by atoms with Gasteiger partial charge in [-0.1, -0.05) is 6.07 Å². The Morgan fingerprint density at radius 2 is 2.12 bits per heavy atom. The van der Waals surface area contributed by atoms with Crippen LogP contribution in [-0.4, -0.2) is 24.0 Å². The van der Waals surface area contributed by atoms with Crippen molar-refractivity contribution in [1.29, 1.82) is 0 Å². The molecule has 0 saturated heterocycles. The minimum Gasteiger partial charge on any atom is -0.494 e. The Kier molecular flexibility index (Phi) is 2.61. The Balaban J connectivity index is 2.45. The van der Waals surface area contributed by atoms with E-state index in [1.54, 1.807) is 0 Å². The van der Waals surface area contributed by atoms with Crippen molar-refractivity contribution in [3.63, 3.8) is 0 Å². The highest BCUT2D eigenvalue weighted by Crippen LogP contribution is 2.42. The molecule has 1 aliphatic rings. The highest BCUT2D eigenvalue weighted by molar-refractivity contribution is 6.01. The fraction of sp³-hybridized carbons (Fsp3) is 0.333. The zero-order valence-electron chi connectivity index (χ0n) is 9.20. The van der Waals surface area contributed by atoms with Crippen molar-refractivity contribution in [2.45, 2.75) is 18.3 Å². The zero-order valence-corrected chi connectivity index (χ0v) is 9.20. The minimum atomic E-state index is -1.21. The quantitative estimate of drug-likeness (QED) is 0.867. The fourth-order valence-electron chi connectivity index (χ4n) is 2.06. The van der Waals surface area contributed by atoms with E-state index < -0.39 is 17.2 Å². The fourth-order valence-corrected chi connectivity index (χ4v) is 2.06. The largest absolute Gasteiger partial charge is 0.494 e. The number of benzene rings is 1. The van der Waals surface area contributed by atoms with E-state index in [9.17, 15) is 19.1 Å². The topological polar surface area (TPSA) is 63.6 Å². The average Bonchev–Trinajstić information content (AvgIpc) is 2.25. The van der Waals surface area contributed by atoms with Crippen molar-refractivity contribution in [3.05, 3.63) is 29.6 Å². The van der Waals surface area contributed by atoms with Gasteiger partial charge in [0.25, 0.3) is 0 Å². The van der Waals surface area contributed by atoms with Gasteiger partial charge in [-0.15, -0.1) is 0 Å².